The van der Waals surface area contributed by atoms with E-state index in [2.05, 4.69) is 51.4 Å². The molecule has 1 heterocycles. The monoisotopic (exact) mass is 268 g/mol. The van der Waals surface area contributed by atoms with E-state index >= 15 is 0 Å². The first kappa shape index (κ1) is 13.6. The Balaban J connectivity index is 2.27. The Morgan fingerprint density at radius 3 is 1.41 bits per heavy atom. The second-order valence-electron chi connectivity index (χ2n) is 7.98. The number of fused-ring (bicyclic) bond motifs is 1. The molecule has 1 aliphatic heterocycles. The van der Waals surface area contributed by atoms with Crippen LogP contribution < -0.4 is 0 Å². The van der Waals surface area contributed by atoms with E-state index in [-0.39, 0.29) is 0 Å². The summed E-state index contributed by atoms with van der Waals surface area (Å²) in [5.74, 6) is 1.65. The molecule has 0 radical (unpaired) electrons. The van der Waals surface area contributed by atoms with E-state index in [4.69, 9.17) is 4.74 Å². The Morgan fingerprint density at radius 2 is 1.12 bits per heavy atom. The van der Waals surface area contributed by atoms with Gasteiger partial charge in [0, 0.05) is 0 Å². The fourth-order valence-electron chi connectivity index (χ4n) is 3.61. The summed E-state index contributed by atoms with van der Waals surface area (Å²) in [6.45, 7) is 14.8. The molecule has 0 spiro atoms. The highest BCUT2D eigenvalue weighted by Crippen LogP contribution is 2.46. The third kappa shape index (κ3) is 2.61. The lowest BCUT2D eigenvalue weighted by molar-refractivity contribution is 0.110. The highest BCUT2D eigenvalue weighted by Gasteiger charge is 2.52. The SMILES string of the molecule is C[Si](C)(C)C1OC([Si](C)(C)C)C2CC=CCC21. The zero-order chi connectivity index (χ0) is 12.8. The van der Waals surface area contributed by atoms with Gasteiger partial charge in [-0.1, -0.05) is 51.4 Å². The summed E-state index contributed by atoms with van der Waals surface area (Å²) in [6.07, 6.45) is 7.32. The van der Waals surface area contributed by atoms with Crippen LogP contribution in [0.4, 0.5) is 0 Å². The summed E-state index contributed by atoms with van der Waals surface area (Å²) in [5.41, 5.74) is 1.18. The lowest BCUT2D eigenvalue weighted by atomic mass is 9.85. The predicted molar refractivity (Wildman–Crippen MR) is 80.7 cm³/mol. The minimum atomic E-state index is -1.19. The average molecular weight is 269 g/mol. The van der Waals surface area contributed by atoms with Crippen molar-refractivity contribution in [3.05, 3.63) is 12.2 Å². The minimum absolute atomic E-state index is 0.592. The molecule has 0 amide bonds. The summed E-state index contributed by atoms with van der Waals surface area (Å²) in [4.78, 5) is 0. The van der Waals surface area contributed by atoms with Crippen molar-refractivity contribution < 1.29 is 4.74 Å². The van der Waals surface area contributed by atoms with Crippen LogP contribution in [-0.4, -0.2) is 27.6 Å². The molecule has 4 unspecified atom stereocenters. The molecule has 1 saturated heterocycles. The topological polar surface area (TPSA) is 9.23 Å². The molecule has 0 saturated carbocycles. The number of hydrogen-bond donors (Lipinski definition) is 0. The van der Waals surface area contributed by atoms with Crippen LogP contribution in [0.1, 0.15) is 12.8 Å². The molecule has 2 aliphatic rings. The third-order valence-corrected chi connectivity index (χ3v) is 8.85. The molecule has 0 aromatic rings. The van der Waals surface area contributed by atoms with Crippen molar-refractivity contribution >= 4 is 16.1 Å². The fourth-order valence-corrected chi connectivity index (χ4v) is 8.19. The van der Waals surface area contributed by atoms with Gasteiger partial charge in [0.15, 0.2) is 0 Å². The van der Waals surface area contributed by atoms with Crippen LogP contribution in [-0.2, 0) is 4.74 Å². The summed E-state index contributed by atoms with van der Waals surface area (Å²) >= 11 is 0. The molecule has 2 rings (SSSR count). The van der Waals surface area contributed by atoms with Crippen LogP contribution in [0, 0.1) is 11.8 Å². The number of hydrogen-bond acceptors (Lipinski definition) is 1. The van der Waals surface area contributed by atoms with E-state index in [0.29, 0.717) is 11.5 Å². The highest BCUT2D eigenvalue weighted by atomic mass is 28.3. The summed E-state index contributed by atoms with van der Waals surface area (Å²) < 4.78 is 6.62. The molecule has 0 N–H and O–H groups in total. The Morgan fingerprint density at radius 1 is 0.765 bits per heavy atom. The lowest BCUT2D eigenvalue weighted by Crippen LogP contribution is -2.44. The third-order valence-electron chi connectivity index (χ3n) is 4.31. The van der Waals surface area contributed by atoms with Crippen molar-refractivity contribution in [2.45, 2.75) is 63.6 Å². The van der Waals surface area contributed by atoms with E-state index in [9.17, 15) is 0 Å². The summed E-state index contributed by atoms with van der Waals surface area (Å²) in [5, 5.41) is 0. The average Bonchev–Trinajstić information content (AvgIpc) is 2.55. The molecule has 98 valence electrons. The molecular weight excluding hydrogens is 240 g/mol. The van der Waals surface area contributed by atoms with E-state index in [1.54, 1.807) is 0 Å². The quantitative estimate of drug-likeness (QED) is 0.541. The minimum Gasteiger partial charge on any atom is -0.381 e. The molecule has 3 heteroatoms. The van der Waals surface area contributed by atoms with Gasteiger partial charge in [0.2, 0.25) is 0 Å². The summed E-state index contributed by atoms with van der Waals surface area (Å²) in [7, 11) is -2.37. The van der Waals surface area contributed by atoms with Crippen molar-refractivity contribution in [3.8, 4) is 0 Å². The Labute approximate surface area is 109 Å². The van der Waals surface area contributed by atoms with Crippen LogP contribution in [0.2, 0.25) is 39.3 Å². The van der Waals surface area contributed by atoms with Gasteiger partial charge in [-0.2, -0.15) is 0 Å². The van der Waals surface area contributed by atoms with Gasteiger partial charge in [-0.05, 0) is 24.7 Å². The van der Waals surface area contributed by atoms with Crippen molar-refractivity contribution in [2.75, 3.05) is 0 Å². The lowest BCUT2D eigenvalue weighted by Gasteiger charge is -2.32. The molecule has 0 aromatic heterocycles. The number of allylic oxidation sites excluding steroid dienone is 2. The standard InChI is InChI=1S/C14H28OSi2/c1-16(2,3)13-11-9-7-8-10-12(11)14(15-13)17(4,5)6/h7-8,11-14H,9-10H2,1-6H3. The van der Waals surface area contributed by atoms with Crippen LogP contribution in [0.25, 0.3) is 0 Å². The van der Waals surface area contributed by atoms with Gasteiger partial charge in [0.05, 0.1) is 27.6 Å². The zero-order valence-corrected chi connectivity index (χ0v) is 14.3. The zero-order valence-electron chi connectivity index (χ0n) is 12.3. The van der Waals surface area contributed by atoms with Gasteiger partial charge in [-0.15, -0.1) is 0 Å². The van der Waals surface area contributed by atoms with E-state index < -0.39 is 16.1 Å². The second kappa shape index (κ2) is 4.35. The number of rotatable bonds is 2. The van der Waals surface area contributed by atoms with Gasteiger partial charge < -0.3 is 4.74 Å². The number of ether oxygens (including phenoxy) is 1. The van der Waals surface area contributed by atoms with Gasteiger partial charge in [-0.25, -0.2) is 0 Å². The molecule has 0 bridgehead atoms. The molecule has 1 fully saturated rings. The maximum absolute atomic E-state index is 6.62. The fraction of sp³-hybridized carbons (Fsp3) is 0.857. The van der Waals surface area contributed by atoms with Crippen LogP contribution >= 0.6 is 0 Å². The van der Waals surface area contributed by atoms with Crippen LogP contribution in [0.15, 0.2) is 12.2 Å². The normalized spacial score (nSPS) is 38.2. The Kier molecular flexibility index (Phi) is 3.47. The second-order valence-corrected chi connectivity index (χ2v) is 18.6. The Bertz CT molecular complexity index is 281. The maximum Gasteiger partial charge on any atom is 0.0789 e. The van der Waals surface area contributed by atoms with Crippen molar-refractivity contribution in [1.29, 1.82) is 0 Å². The van der Waals surface area contributed by atoms with Gasteiger partial charge in [0.1, 0.15) is 0 Å². The van der Waals surface area contributed by atoms with Crippen LogP contribution in [0.5, 0.6) is 0 Å². The highest BCUT2D eigenvalue weighted by molar-refractivity contribution is 6.79. The molecule has 0 aromatic carbocycles. The van der Waals surface area contributed by atoms with E-state index in [1.165, 1.54) is 12.8 Å². The molecule has 1 nitrogen and oxygen atoms in total. The molecule has 1 aliphatic carbocycles. The first-order chi connectivity index (χ1) is 7.71. The first-order valence-electron chi connectivity index (χ1n) is 7.02. The Hall–Kier alpha value is 0.134. The summed E-state index contributed by atoms with van der Waals surface area (Å²) in [6, 6.07) is 0. The van der Waals surface area contributed by atoms with Gasteiger partial charge in [0.25, 0.3) is 0 Å². The van der Waals surface area contributed by atoms with Crippen LogP contribution in [0.3, 0.4) is 0 Å². The van der Waals surface area contributed by atoms with Crippen molar-refractivity contribution in [2.24, 2.45) is 11.8 Å². The smallest absolute Gasteiger partial charge is 0.0789 e. The van der Waals surface area contributed by atoms with Crippen molar-refractivity contribution in [1.82, 2.24) is 0 Å². The van der Waals surface area contributed by atoms with E-state index in [0.717, 1.165) is 11.8 Å². The van der Waals surface area contributed by atoms with Crippen molar-refractivity contribution in [3.63, 3.8) is 0 Å². The van der Waals surface area contributed by atoms with Gasteiger partial charge >= 0.3 is 0 Å². The largest absolute Gasteiger partial charge is 0.381 e. The van der Waals surface area contributed by atoms with Gasteiger partial charge in [-0.3, -0.25) is 0 Å². The first-order valence-corrected chi connectivity index (χ1v) is 14.2. The molecule has 4 atom stereocenters. The maximum atomic E-state index is 6.62. The molecule has 17 heavy (non-hydrogen) atoms. The molecular formula is C14H28OSi2. The predicted octanol–water partition coefficient (Wildman–Crippen LogP) is 4.09. The van der Waals surface area contributed by atoms with E-state index in [1.807, 2.05) is 0 Å².